The molecule has 1 heterocycles. The molecule has 0 aliphatic carbocycles. The Morgan fingerprint density at radius 1 is 1.22 bits per heavy atom. The lowest BCUT2D eigenvalue weighted by Gasteiger charge is -2.01. The molecule has 0 radical (unpaired) electrons. The number of nitrogens with one attached hydrogen (secondary N) is 1. The van der Waals surface area contributed by atoms with E-state index in [1.165, 1.54) is 0 Å². The van der Waals surface area contributed by atoms with Gasteiger partial charge in [-0.05, 0) is 30.3 Å². The Morgan fingerprint density at radius 3 is 2.78 bits per heavy atom. The lowest BCUT2D eigenvalue weighted by Crippen LogP contribution is -2.07. The second kappa shape index (κ2) is 6.62. The average molecular weight is 374 g/mol. The number of aromatic amines is 1. The summed E-state index contributed by atoms with van der Waals surface area (Å²) in [6, 6.07) is 14.4. The molecule has 0 bridgehead atoms. The van der Waals surface area contributed by atoms with E-state index in [1.807, 2.05) is 24.3 Å². The van der Waals surface area contributed by atoms with Crippen LogP contribution >= 0.6 is 15.9 Å². The van der Waals surface area contributed by atoms with E-state index in [0.717, 1.165) is 4.47 Å². The van der Waals surface area contributed by atoms with Gasteiger partial charge in [-0.2, -0.15) is 0 Å². The predicted molar refractivity (Wildman–Crippen MR) is 89.1 cm³/mol. The van der Waals surface area contributed by atoms with Crippen LogP contribution in [0.15, 0.2) is 63.2 Å². The first-order valence-electron chi connectivity index (χ1n) is 6.76. The van der Waals surface area contributed by atoms with Crippen LogP contribution in [0.2, 0.25) is 0 Å². The fraction of sp³-hybridized carbons (Fsp3) is 0.0625. The molecule has 7 heteroatoms. The normalized spacial score (nSPS) is 11.2. The van der Waals surface area contributed by atoms with Gasteiger partial charge in [0.05, 0.1) is 5.52 Å². The maximum Gasteiger partial charge on any atom is 0.302 e. The van der Waals surface area contributed by atoms with Gasteiger partial charge in [0.25, 0.3) is 0 Å². The molecule has 1 aromatic heterocycles. The molecule has 0 aliphatic heterocycles. The second-order valence-electron chi connectivity index (χ2n) is 4.71. The largest absolute Gasteiger partial charge is 0.493 e. The Balaban J connectivity index is 1.73. The lowest BCUT2D eigenvalue weighted by molar-refractivity contribution is -0.120. The third-order valence-electron chi connectivity index (χ3n) is 3.08. The van der Waals surface area contributed by atoms with Gasteiger partial charge in [-0.25, -0.2) is 0 Å². The molecule has 0 saturated heterocycles. The molecular formula is C16H12BrN3O3. The van der Waals surface area contributed by atoms with Crippen molar-refractivity contribution in [1.29, 1.82) is 0 Å². The molecule has 0 fully saturated rings. The van der Waals surface area contributed by atoms with Gasteiger partial charge in [0.15, 0.2) is 12.3 Å². The van der Waals surface area contributed by atoms with E-state index in [1.54, 1.807) is 24.3 Å². The quantitative estimate of drug-likeness (QED) is 0.667. The maximum absolute atomic E-state index is 11.7. The Hall–Kier alpha value is -2.67. The van der Waals surface area contributed by atoms with Crippen molar-refractivity contribution in [3.05, 3.63) is 53.0 Å². The van der Waals surface area contributed by atoms with Crippen LogP contribution in [0, 0.1) is 0 Å². The monoisotopic (exact) mass is 373 g/mol. The third kappa shape index (κ3) is 3.57. The highest BCUT2D eigenvalue weighted by Crippen LogP contribution is 2.36. The van der Waals surface area contributed by atoms with Crippen molar-refractivity contribution in [3.63, 3.8) is 0 Å². The van der Waals surface area contributed by atoms with Gasteiger partial charge < -0.3 is 14.8 Å². The predicted octanol–water partition coefficient (Wildman–Crippen LogP) is 4.33. The number of aromatic hydroxyl groups is 1. The van der Waals surface area contributed by atoms with Crippen molar-refractivity contribution in [2.45, 2.75) is 0 Å². The topological polar surface area (TPSA) is 87.0 Å². The first-order valence-corrected chi connectivity index (χ1v) is 7.55. The van der Waals surface area contributed by atoms with Gasteiger partial charge in [0, 0.05) is 9.86 Å². The number of nitrogens with zero attached hydrogens (tertiary/aromatic N) is 2. The summed E-state index contributed by atoms with van der Waals surface area (Å²) in [5, 5.41) is 18.0. The summed E-state index contributed by atoms with van der Waals surface area (Å²) in [6.07, 6.45) is 0. The van der Waals surface area contributed by atoms with Crippen molar-refractivity contribution in [2.75, 3.05) is 6.61 Å². The number of azo groups is 1. The van der Waals surface area contributed by atoms with Crippen LogP contribution in [0.25, 0.3) is 10.9 Å². The number of carbonyl (C=O) groups is 1. The number of benzene rings is 2. The Labute approximate surface area is 139 Å². The molecule has 0 spiro atoms. The average Bonchev–Trinajstić information content (AvgIpc) is 2.86. The van der Waals surface area contributed by atoms with Crippen LogP contribution in [-0.4, -0.2) is 22.6 Å². The summed E-state index contributed by atoms with van der Waals surface area (Å²) in [5.41, 5.74) is 0.919. The number of para-hydroxylation sites is 1. The van der Waals surface area contributed by atoms with E-state index in [4.69, 9.17) is 4.74 Å². The molecular weight excluding hydrogens is 362 g/mol. The zero-order valence-electron chi connectivity index (χ0n) is 11.9. The van der Waals surface area contributed by atoms with Crippen molar-refractivity contribution >= 4 is 38.4 Å². The number of hydrogen-bond acceptors (Lipinski definition) is 4. The Morgan fingerprint density at radius 2 is 2.00 bits per heavy atom. The highest BCUT2D eigenvalue weighted by atomic mass is 79.9. The van der Waals surface area contributed by atoms with E-state index in [-0.39, 0.29) is 18.2 Å². The van der Waals surface area contributed by atoms with Gasteiger partial charge in [0.2, 0.25) is 5.88 Å². The van der Waals surface area contributed by atoms with E-state index in [9.17, 15) is 9.90 Å². The molecule has 0 saturated carbocycles. The number of carbonyl (C=O) groups excluding carboxylic acids is 1. The van der Waals surface area contributed by atoms with Gasteiger partial charge in [0.1, 0.15) is 5.75 Å². The van der Waals surface area contributed by atoms with Gasteiger partial charge in [-0.1, -0.05) is 34.1 Å². The summed E-state index contributed by atoms with van der Waals surface area (Å²) in [6.45, 7) is -0.222. The fourth-order valence-electron chi connectivity index (χ4n) is 2.03. The van der Waals surface area contributed by atoms with E-state index in [0.29, 0.717) is 16.7 Å². The molecule has 116 valence electrons. The first-order chi connectivity index (χ1) is 11.1. The number of amides is 1. The van der Waals surface area contributed by atoms with Crippen molar-refractivity contribution in [2.24, 2.45) is 10.2 Å². The minimum Gasteiger partial charge on any atom is -0.493 e. The molecule has 2 N–H and O–H groups in total. The Kier molecular flexibility index (Phi) is 4.38. The van der Waals surface area contributed by atoms with E-state index in [2.05, 4.69) is 31.1 Å². The van der Waals surface area contributed by atoms with Crippen LogP contribution in [-0.2, 0) is 4.79 Å². The summed E-state index contributed by atoms with van der Waals surface area (Å²) in [4.78, 5) is 14.5. The summed E-state index contributed by atoms with van der Waals surface area (Å²) in [7, 11) is 0. The summed E-state index contributed by atoms with van der Waals surface area (Å²) >= 11 is 3.35. The number of fused-ring (bicyclic) bond motifs is 1. The van der Waals surface area contributed by atoms with Crippen molar-refractivity contribution in [1.82, 2.24) is 4.98 Å². The molecule has 0 atom stereocenters. The van der Waals surface area contributed by atoms with Crippen LogP contribution in [0.4, 0.5) is 5.69 Å². The van der Waals surface area contributed by atoms with Crippen molar-refractivity contribution < 1.29 is 14.6 Å². The van der Waals surface area contributed by atoms with Crippen LogP contribution < -0.4 is 4.74 Å². The zero-order chi connectivity index (χ0) is 16.2. The molecule has 0 aliphatic rings. The number of hydrogen-bond donors (Lipinski definition) is 2. The third-order valence-corrected chi connectivity index (χ3v) is 3.57. The SMILES string of the molecule is O=C(COc1ccccc1)N=Nc1c(O)[nH]c2ccc(Br)cc12. The van der Waals surface area contributed by atoms with E-state index >= 15 is 0 Å². The standard InChI is InChI=1S/C16H12BrN3O3/c17-10-6-7-13-12(8-10)15(16(22)18-13)20-19-14(21)9-23-11-4-2-1-3-5-11/h1-8,18,22H,9H2. The molecule has 3 aromatic rings. The number of rotatable bonds is 4. The lowest BCUT2D eigenvalue weighted by atomic mass is 10.2. The number of aromatic nitrogens is 1. The first kappa shape index (κ1) is 15.2. The maximum atomic E-state index is 11.7. The minimum absolute atomic E-state index is 0.140. The fourth-order valence-corrected chi connectivity index (χ4v) is 2.39. The number of ether oxygens (including phenoxy) is 1. The van der Waals surface area contributed by atoms with Crippen LogP contribution in [0.5, 0.6) is 11.6 Å². The molecule has 0 unspecified atom stereocenters. The van der Waals surface area contributed by atoms with E-state index < -0.39 is 5.91 Å². The Bertz CT molecular complexity index is 875. The number of H-pyrrole nitrogens is 1. The smallest absolute Gasteiger partial charge is 0.302 e. The van der Waals surface area contributed by atoms with Crippen LogP contribution in [0.1, 0.15) is 0 Å². The molecule has 3 rings (SSSR count). The van der Waals surface area contributed by atoms with Gasteiger partial charge in [-0.3, -0.25) is 4.79 Å². The van der Waals surface area contributed by atoms with Crippen LogP contribution in [0.3, 0.4) is 0 Å². The van der Waals surface area contributed by atoms with Crippen molar-refractivity contribution in [3.8, 4) is 11.6 Å². The molecule has 2 aromatic carbocycles. The van der Waals surface area contributed by atoms with Gasteiger partial charge in [-0.15, -0.1) is 10.2 Å². The second-order valence-corrected chi connectivity index (χ2v) is 5.62. The highest BCUT2D eigenvalue weighted by molar-refractivity contribution is 9.10. The summed E-state index contributed by atoms with van der Waals surface area (Å²) in [5.74, 6) is -0.105. The zero-order valence-corrected chi connectivity index (χ0v) is 13.4. The molecule has 1 amide bonds. The number of halogens is 1. The molecule has 23 heavy (non-hydrogen) atoms. The molecule has 6 nitrogen and oxygen atoms in total. The van der Waals surface area contributed by atoms with Gasteiger partial charge >= 0.3 is 5.91 Å². The highest BCUT2D eigenvalue weighted by Gasteiger charge is 2.11. The summed E-state index contributed by atoms with van der Waals surface area (Å²) < 4.78 is 6.13. The minimum atomic E-state index is -0.544.